The molecular formula is C90H144O46. The summed E-state index contributed by atoms with van der Waals surface area (Å²) in [6.07, 6.45) is -65.5. The molecule has 5 aliphatic carbocycles. The van der Waals surface area contributed by atoms with Gasteiger partial charge in [-0.15, -0.1) is 0 Å². The number of hydrogen-bond acceptors (Lipinski definition) is 45. The molecule has 136 heavy (non-hydrogen) atoms. The second-order valence-electron chi connectivity index (χ2n) is 41.0. The standard InChI is InChI=1S/C90H144O46/c1-11-35(3)45(124-53(100)25-40(96)24-46(36(4)12-2)125-79-61(108)57(104)48(29-92)126-79)23-39(95)26-54(101)129-68-38(6)123-81(72(64(68)111)134-78-63(110)59(106)67(37(5)122-78)130-77-66(113)69(44(98)31-120-77)131-83-74(114)89(118,33-94)34-121-83)136-84(117)90-20-14-13-15-42(90)41-16-17-50-85(7)21-19-52(86(8,32-93)49(85)18-22-87(50,9)88(41,10)27-51(90)99)128-82-73(135-80-62(109)58(105)56(103)47(28-91)127-80)70(65(112)71(133-82)75(115)116)132-76-60(107)55(102)43(97)30-119-76/h16,32,35-40,42-52,55-74,76-83,91-92,94-99,102-114,118H,11-15,17-31,33-34H2,1-10H3,(H,115,116)/t35-,36-,37-,38+,39-,40-,42-,43+,44+,45-,46-,47+,48-,49+,50+,51+,52-,55-,56-,57-,58-,59-,60+,61+,62+,63+,64-,65-,66+,67-,68-,69-,70-,71-,72+,73+,74-,76-,77-,78-,79+,80-,81-,82+,83-,85-,86-,87+,88+,89+,90+/m0/s1. The summed E-state index contributed by atoms with van der Waals surface area (Å²) in [7, 11) is 0. The van der Waals surface area contributed by atoms with Crippen molar-refractivity contribution in [3.8, 4) is 0 Å². The van der Waals surface area contributed by atoms with Gasteiger partial charge in [-0.3, -0.25) is 14.4 Å². The third-order valence-electron chi connectivity index (χ3n) is 32.6. The van der Waals surface area contributed by atoms with Crippen molar-refractivity contribution >= 4 is 30.2 Å². The van der Waals surface area contributed by atoms with Crippen LogP contribution in [0.4, 0.5) is 0 Å². The first kappa shape index (κ1) is 109. The second kappa shape index (κ2) is 44.0. The molecule has 0 bridgehead atoms. The van der Waals surface area contributed by atoms with E-state index in [2.05, 4.69) is 19.9 Å². The topological polar surface area (TPSA) is 717 Å². The van der Waals surface area contributed by atoms with Crippen molar-refractivity contribution < 1.29 is 227 Å². The van der Waals surface area contributed by atoms with E-state index in [-0.39, 0.29) is 43.9 Å². The molecule has 0 radical (unpaired) electrons. The van der Waals surface area contributed by atoms with Gasteiger partial charge in [-0.25, -0.2) is 4.79 Å². The number of carboxylic acids is 1. The lowest BCUT2D eigenvalue weighted by molar-refractivity contribution is -0.391. The van der Waals surface area contributed by atoms with Crippen molar-refractivity contribution in [3.63, 3.8) is 0 Å². The van der Waals surface area contributed by atoms with Crippen molar-refractivity contribution in [2.75, 3.05) is 39.6 Å². The zero-order valence-corrected chi connectivity index (χ0v) is 77.9. The van der Waals surface area contributed by atoms with E-state index >= 15 is 4.79 Å². The Morgan fingerprint density at radius 1 is 0.515 bits per heavy atom. The number of allylic oxidation sites excluding steroid dienone is 2. The van der Waals surface area contributed by atoms with E-state index in [1.807, 2.05) is 13.8 Å². The quantitative estimate of drug-likeness (QED) is 0.00923. The van der Waals surface area contributed by atoms with Crippen LogP contribution in [0.5, 0.6) is 0 Å². The molecule has 0 aromatic rings. The number of carbonyl (C=O) groups is 5. The Morgan fingerprint density at radius 2 is 1.07 bits per heavy atom. The number of hydrogen-bond donors (Lipinski definition) is 23. The number of carbonyl (C=O) groups excluding carboxylic acids is 4. The third-order valence-corrected chi connectivity index (χ3v) is 32.6. The summed E-state index contributed by atoms with van der Waals surface area (Å²) in [6, 6.07) is 0. The number of aldehydes is 1. The van der Waals surface area contributed by atoms with Gasteiger partial charge in [0.1, 0.15) is 152 Å². The number of rotatable bonds is 35. The lowest BCUT2D eigenvalue weighted by Gasteiger charge is -2.71. The molecule has 13 aliphatic rings. The van der Waals surface area contributed by atoms with Gasteiger partial charge in [0, 0.05) is 12.8 Å². The Bertz CT molecular complexity index is 4010. The fraction of sp³-hybridized carbons (Fsp3) is 0.922. The van der Waals surface area contributed by atoms with Gasteiger partial charge in [0.2, 0.25) is 6.29 Å². The zero-order valence-electron chi connectivity index (χ0n) is 77.9. The number of carboxylic acid groups (broad SMARTS) is 1. The molecule has 12 fully saturated rings. The van der Waals surface area contributed by atoms with Crippen LogP contribution in [0, 0.1) is 56.7 Å². The first-order chi connectivity index (χ1) is 64.1. The maximum Gasteiger partial charge on any atom is 0.335 e. The number of aliphatic hydroxyl groups is 22. The number of esters is 3. The zero-order chi connectivity index (χ0) is 99.6. The van der Waals surface area contributed by atoms with Crippen molar-refractivity contribution in [2.24, 2.45) is 56.7 Å². The highest BCUT2D eigenvalue weighted by atomic mass is 16.8. The molecule has 46 heteroatoms. The summed E-state index contributed by atoms with van der Waals surface area (Å²) in [5.41, 5.74) is -7.05. The smallest absolute Gasteiger partial charge is 0.335 e. The minimum atomic E-state index is -2.26. The summed E-state index contributed by atoms with van der Waals surface area (Å²) >= 11 is 0. The summed E-state index contributed by atoms with van der Waals surface area (Å²) in [4.78, 5) is 71.7. The van der Waals surface area contributed by atoms with Crippen molar-refractivity contribution in [3.05, 3.63) is 11.6 Å². The molecule has 0 aromatic heterocycles. The Kier molecular flexibility index (Phi) is 35.3. The molecule has 46 nitrogen and oxygen atoms in total. The first-order valence-corrected chi connectivity index (χ1v) is 47.6. The number of fused-ring (bicyclic) bond motifs is 7. The van der Waals surface area contributed by atoms with E-state index in [4.69, 9.17) is 85.3 Å². The van der Waals surface area contributed by atoms with Crippen LogP contribution in [-0.2, 0) is 109 Å². The van der Waals surface area contributed by atoms with Crippen LogP contribution in [-0.4, -0.2) is 439 Å². The molecular weight excluding hydrogens is 1820 g/mol. The van der Waals surface area contributed by atoms with Crippen LogP contribution >= 0.6 is 0 Å². The Labute approximate surface area is 785 Å². The van der Waals surface area contributed by atoms with Gasteiger partial charge in [-0.1, -0.05) is 92.7 Å². The monoisotopic (exact) mass is 1960 g/mol. The first-order valence-electron chi connectivity index (χ1n) is 47.6. The normalized spacial score (nSPS) is 48.9. The molecule has 8 heterocycles. The van der Waals surface area contributed by atoms with Gasteiger partial charge in [0.25, 0.3) is 0 Å². The average Bonchev–Trinajstić information content (AvgIpc) is 0.682. The fourth-order valence-corrected chi connectivity index (χ4v) is 23.8. The maximum absolute atomic E-state index is 16.2. The molecule has 0 aromatic carbocycles. The lowest BCUT2D eigenvalue weighted by atomic mass is 9.33. The Morgan fingerprint density at radius 3 is 1.71 bits per heavy atom. The van der Waals surface area contributed by atoms with E-state index < -0.39 is 372 Å². The minimum absolute atomic E-state index is 0.0439. The van der Waals surface area contributed by atoms with E-state index in [0.717, 1.165) is 11.9 Å². The number of aliphatic hydroxyl groups excluding tert-OH is 21. The molecule has 780 valence electrons. The predicted molar refractivity (Wildman–Crippen MR) is 449 cm³/mol. The fourth-order valence-electron chi connectivity index (χ4n) is 23.8. The molecule has 13 rings (SSSR count). The van der Waals surface area contributed by atoms with Gasteiger partial charge < -0.3 is 208 Å². The Hall–Kier alpha value is -4.19. The van der Waals surface area contributed by atoms with Crippen LogP contribution in [0.3, 0.4) is 0 Å². The van der Waals surface area contributed by atoms with Gasteiger partial charge in [0.05, 0.1) is 101 Å². The van der Waals surface area contributed by atoms with Gasteiger partial charge >= 0.3 is 23.9 Å². The van der Waals surface area contributed by atoms with Crippen molar-refractivity contribution in [2.45, 2.75) is 423 Å². The lowest BCUT2D eigenvalue weighted by Crippen LogP contribution is -2.69. The second-order valence-corrected chi connectivity index (χ2v) is 41.0. The Balaban J connectivity index is 0.735. The molecule has 23 N–H and O–H groups in total. The van der Waals surface area contributed by atoms with E-state index in [1.54, 1.807) is 27.7 Å². The highest BCUT2D eigenvalue weighted by Gasteiger charge is 2.73. The molecule has 8 aliphatic heterocycles. The number of aliphatic carboxylic acids is 1. The summed E-state index contributed by atoms with van der Waals surface area (Å²) < 4.78 is 108. The highest BCUT2D eigenvalue weighted by molar-refractivity contribution is 5.80. The molecule has 8 saturated heterocycles. The van der Waals surface area contributed by atoms with Crippen LogP contribution in [0.25, 0.3) is 0 Å². The van der Waals surface area contributed by atoms with Crippen molar-refractivity contribution in [1.82, 2.24) is 0 Å². The number of ether oxygens (including phenoxy) is 18. The van der Waals surface area contributed by atoms with E-state index in [9.17, 15) is 137 Å². The summed E-state index contributed by atoms with van der Waals surface area (Å²) in [5, 5.41) is 255. The largest absolute Gasteiger partial charge is 0.479 e. The van der Waals surface area contributed by atoms with Gasteiger partial charge in [0.15, 0.2) is 62.3 Å². The van der Waals surface area contributed by atoms with Crippen LogP contribution in [0.1, 0.15) is 172 Å². The SMILES string of the molecule is CC[C@H](C)[C@H](C[C@H](O)CC(=O)O[C@@H]1[C@H](O)[C@@H](O[C@@H]2O[C@@H](C)[C@H](O[C@@H]3OC[C@@H](O)[C@H](O[C@@H]4OC[C@](O)(CO)[C@H]4O)[C@H]3O)[C@@H](O)[C@H]2O)[C@H](OC(=O)[C@]23CCCC[C@H]2C2=CC[C@@H]4[C@@]5(C)CC[C@H](O[C@@H]6O[C@H](C(=O)O)[C@@H](O)[C@H](O[C@@H]7OC[C@@H](O)[C@H](O)[C@H]7O)[C@H]6O[C@@H]6O[C@H](CO)[C@H](O)[C@H](O)[C@H]6O)[C@@](C)(C=O)[C@@H]5CC[C@@]4(C)[C@]2(C)C[C@H]3O)O[C@@H]1C)OC(=O)C[C@@H](O)C[C@H](O[C@@H]1O[C@@H](CO)[C@H](O)[C@H]1O)[C@@H](C)CC. The third kappa shape index (κ3) is 20.9. The van der Waals surface area contributed by atoms with E-state index in [0.29, 0.717) is 57.8 Å². The van der Waals surface area contributed by atoms with Crippen LogP contribution in [0.15, 0.2) is 11.6 Å². The minimum Gasteiger partial charge on any atom is -0.479 e. The summed E-state index contributed by atoms with van der Waals surface area (Å²) in [5.74, 6) is -7.15. The van der Waals surface area contributed by atoms with E-state index in [1.165, 1.54) is 13.8 Å². The van der Waals surface area contributed by atoms with Gasteiger partial charge in [-0.2, -0.15) is 0 Å². The molecule has 4 saturated carbocycles. The van der Waals surface area contributed by atoms with Crippen molar-refractivity contribution in [1.29, 1.82) is 0 Å². The van der Waals surface area contributed by atoms with Crippen LogP contribution < -0.4 is 0 Å². The average molecular weight is 1960 g/mol. The molecule has 51 atom stereocenters. The highest BCUT2D eigenvalue weighted by Crippen LogP contribution is 2.76. The molecule has 0 amide bonds. The molecule has 0 spiro atoms. The predicted octanol–water partition coefficient (Wildman–Crippen LogP) is -6.32. The molecule has 0 unspecified atom stereocenters. The summed E-state index contributed by atoms with van der Waals surface area (Å²) in [6.45, 7) is 13.5. The van der Waals surface area contributed by atoms with Crippen LogP contribution in [0.2, 0.25) is 0 Å². The maximum atomic E-state index is 16.2. The van der Waals surface area contributed by atoms with Gasteiger partial charge in [-0.05, 0) is 111 Å².